The van der Waals surface area contributed by atoms with Gasteiger partial charge in [0.05, 0.1) is 29.3 Å². The summed E-state index contributed by atoms with van der Waals surface area (Å²) in [4.78, 5) is 31.7. The van der Waals surface area contributed by atoms with Crippen LogP contribution in [0.15, 0.2) is 27.9 Å². The van der Waals surface area contributed by atoms with Gasteiger partial charge in [0.1, 0.15) is 11.6 Å². The Morgan fingerprint density at radius 1 is 1.30 bits per heavy atom. The molecule has 0 radical (unpaired) electrons. The van der Waals surface area contributed by atoms with E-state index >= 15 is 0 Å². The number of amides is 1. The number of fused-ring (bicyclic) bond motifs is 1. The molecule has 0 bridgehead atoms. The van der Waals surface area contributed by atoms with E-state index in [0.29, 0.717) is 41.4 Å². The van der Waals surface area contributed by atoms with Gasteiger partial charge in [-0.05, 0) is 38.5 Å². The maximum atomic E-state index is 13.1. The Morgan fingerprint density at radius 3 is 2.67 bits per heavy atom. The summed E-state index contributed by atoms with van der Waals surface area (Å²) in [6, 6.07) is 4.29. The topological polar surface area (TPSA) is 139 Å². The Balaban J connectivity index is 2.19. The normalized spacial score (nSPS) is 11.8. The number of likely N-dealkylation sites (N-methyl/N-ethyl adjacent to an activating group) is 2. The van der Waals surface area contributed by atoms with Crippen molar-refractivity contribution in [2.45, 2.75) is 38.5 Å². The molecule has 0 saturated carbocycles. The van der Waals surface area contributed by atoms with E-state index in [1.54, 1.807) is 13.8 Å². The van der Waals surface area contributed by atoms with Crippen LogP contribution in [-0.4, -0.2) is 65.5 Å². The highest BCUT2D eigenvalue weighted by atomic mass is 32.2. The summed E-state index contributed by atoms with van der Waals surface area (Å²) >= 11 is 0. The molecule has 0 atom stereocenters. The molecule has 12 heteroatoms. The van der Waals surface area contributed by atoms with Crippen molar-refractivity contribution >= 4 is 21.4 Å². The molecule has 33 heavy (non-hydrogen) atoms. The highest BCUT2D eigenvalue weighted by Crippen LogP contribution is 2.31. The molecule has 0 fully saturated rings. The molecule has 2 aromatic heterocycles. The first-order valence-electron chi connectivity index (χ1n) is 10.6. The molecule has 11 nitrogen and oxygen atoms in total. The predicted octanol–water partition coefficient (Wildman–Crippen LogP) is 1.11. The fourth-order valence-electron chi connectivity index (χ4n) is 3.42. The van der Waals surface area contributed by atoms with Crippen molar-refractivity contribution in [2.24, 2.45) is 0 Å². The van der Waals surface area contributed by atoms with Gasteiger partial charge in [-0.1, -0.05) is 6.92 Å². The Bertz CT molecular complexity index is 1350. The van der Waals surface area contributed by atoms with E-state index in [9.17, 15) is 18.0 Å². The SMILES string of the molecule is CCCc1nc(C)c2c(=O)[nH]c(-c3cc(S(=O)(=O)N(C)CC(=O)NC)ccc3OCC)nn12. The van der Waals surface area contributed by atoms with Crippen LogP contribution in [-0.2, 0) is 21.2 Å². The third kappa shape index (κ3) is 4.76. The molecule has 3 rings (SSSR count). The number of aromatic nitrogens is 4. The quantitative estimate of drug-likeness (QED) is 0.472. The number of nitrogens with zero attached hydrogens (tertiary/aromatic N) is 4. The standard InChI is InChI=1S/C21H28N6O5S/c1-6-8-17-23-13(3)19-21(29)24-20(25-27(17)19)15-11-14(9-10-16(15)32-7-2)33(30,31)26(5)12-18(28)22-4/h9-11H,6-8,12H2,1-5H3,(H,22,28)(H,24,25,29). The van der Waals surface area contributed by atoms with Crippen LogP contribution < -0.4 is 15.6 Å². The third-order valence-electron chi connectivity index (χ3n) is 5.08. The van der Waals surface area contributed by atoms with E-state index in [2.05, 4.69) is 20.4 Å². The summed E-state index contributed by atoms with van der Waals surface area (Å²) in [7, 11) is -1.24. The summed E-state index contributed by atoms with van der Waals surface area (Å²) in [6.45, 7) is 5.53. The Kier molecular flexibility index (Phi) is 7.18. The molecule has 0 aliphatic rings. The zero-order chi connectivity index (χ0) is 24.3. The number of aryl methyl sites for hydroxylation is 2. The number of hydrogen-bond acceptors (Lipinski definition) is 7. The van der Waals surface area contributed by atoms with Gasteiger partial charge in [-0.15, -0.1) is 5.10 Å². The number of H-pyrrole nitrogens is 1. The van der Waals surface area contributed by atoms with Gasteiger partial charge < -0.3 is 15.0 Å². The minimum atomic E-state index is -3.99. The van der Waals surface area contributed by atoms with Gasteiger partial charge in [-0.3, -0.25) is 9.59 Å². The van der Waals surface area contributed by atoms with Crippen LogP contribution in [0, 0.1) is 6.92 Å². The van der Waals surface area contributed by atoms with Crippen molar-refractivity contribution in [3.63, 3.8) is 0 Å². The number of carbonyl (C=O) groups is 1. The predicted molar refractivity (Wildman–Crippen MR) is 123 cm³/mol. The molecule has 178 valence electrons. The molecule has 0 spiro atoms. The Hall–Kier alpha value is -3.25. The number of rotatable bonds is 9. The Morgan fingerprint density at radius 2 is 2.03 bits per heavy atom. The van der Waals surface area contributed by atoms with Crippen LogP contribution in [0.2, 0.25) is 0 Å². The molecule has 2 N–H and O–H groups in total. The molecule has 0 saturated heterocycles. The zero-order valence-corrected chi connectivity index (χ0v) is 20.1. The third-order valence-corrected chi connectivity index (χ3v) is 6.88. The van der Waals surface area contributed by atoms with Crippen LogP contribution in [0.25, 0.3) is 16.9 Å². The highest BCUT2D eigenvalue weighted by Gasteiger charge is 2.25. The largest absolute Gasteiger partial charge is 0.493 e. The smallest absolute Gasteiger partial charge is 0.277 e. The lowest BCUT2D eigenvalue weighted by Gasteiger charge is -2.18. The van der Waals surface area contributed by atoms with Gasteiger partial charge in [0.15, 0.2) is 11.3 Å². The number of nitrogens with one attached hydrogen (secondary N) is 2. The first-order chi connectivity index (χ1) is 15.6. The van der Waals surface area contributed by atoms with Crippen molar-refractivity contribution in [2.75, 3.05) is 27.2 Å². The van der Waals surface area contributed by atoms with Gasteiger partial charge in [0.25, 0.3) is 5.56 Å². The second-order valence-electron chi connectivity index (χ2n) is 7.45. The molecule has 0 aliphatic carbocycles. The molecular weight excluding hydrogens is 448 g/mol. The summed E-state index contributed by atoms with van der Waals surface area (Å²) in [6.07, 6.45) is 1.44. The van der Waals surface area contributed by atoms with E-state index in [1.165, 1.54) is 36.8 Å². The maximum Gasteiger partial charge on any atom is 0.277 e. The van der Waals surface area contributed by atoms with Gasteiger partial charge in [0, 0.05) is 20.5 Å². The van der Waals surface area contributed by atoms with Crippen molar-refractivity contribution < 1.29 is 17.9 Å². The lowest BCUT2D eigenvalue weighted by molar-refractivity contribution is -0.120. The van der Waals surface area contributed by atoms with E-state index in [0.717, 1.165) is 10.7 Å². The summed E-state index contributed by atoms with van der Waals surface area (Å²) < 4.78 is 34.2. The molecule has 2 heterocycles. The fraction of sp³-hybridized carbons (Fsp3) is 0.429. The van der Waals surface area contributed by atoms with E-state index in [4.69, 9.17) is 4.74 Å². The minimum Gasteiger partial charge on any atom is -0.493 e. The summed E-state index contributed by atoms with van der Waals surface area (Å²) in [5, 5.41) is 6.96. The zero-order valence-electron chi connectivity index (χ0n) is 19.3. The average Bonchev–Trinajstić information content (AvgIpc) is 3.09. The van der Waals surface area contributed by atoms with Crippen LogP contribution in [0.5, 0.6) is 5.75 Å². The lowest BCUT2D eigenvalue weighted by Crippen LogP contribution is -2.36. The van der Waals surface area contributed by atoms with Gasteiger partial charge in [-0.25, -0.2) is 17.9 Å². The van der Waals surface area contributed by atoms with Crippen LogP contribution in [0.1, 0.15) is 31.8 Å². The van der Waals surface area contributed by atoms with E-state index < -0.39 is 15.9 Å². The first kappa shape index (κ1) is 24.4. The number of ether oxygens (including phenoxy) is 1. The van der Waals surface area contributed by atoms with E-state index in [-0.39, 0.29) is 22.8 Å². The van der Waals surface area contributed by atoms with Gasteiger partial charge in [-0.2, -0.15) is 4.31 Å². The maximum absolute atomic E-state index is 13.1. The molecule has 1 amide bonds. The number of aromatic amines is 1. The molecule has 0 unspecified atom stereocenters. The van der Waals surface area contributed by atoms with Crippen molar-refractivity contribution in [3.8, 4) is 17.1 Å². The molecule has 1 aromatic carbocycles. The van der Waals surface area contributed by atoms with Crippen molar-refractivity contribution in [1.82, 2.24) is 29.2 Å². The van der Waals surface area contributed by atoms with Crippen molar-refractivity contribution in [3.05, 3.63) is 40.1 Å². The highest BCUT2D eigenvalue weighted by molar-refractivity contribution is 7.89. The van der Waals surface area contributed by atoms with Crippen LogP contribution in [0.3, 0.4) is 0 Å². The van der Waals surface area contributed by atoms with Gasteiger partial charge in [0.2, 0.25) is 15.9 Å². The molecule has 3 aromatic rings. The second kappa shape index (κ2) is 9.71. The Labute approximate surface area is 191 Å². The molecule has 0 aliphatic heterocycles. The number of benzene rings is 1. The first-order valence-corrected chi connectivity index (χ1v) is 12.0. The average molecular weight is 477 g/mol. The summed E-state index contributed by atoms with van der Waals surface area (Å²) in [5.74, 6) is 0.713. The fourth-order valence-corrected chi connectivity index (χ4v) is 4.58. The minimum absolute atomic E-state index is 0.0642. The van der Waals surface area contributed by atoms with E-state index in [1.807, 2.05) is 6.92 Å². The second-order valence-corrected chi connectivity index (χ2v) is 9.50. The number of carbonyl (C=O) groups excluding carboxylic acids is 1. The van der Waals surface area contributed by atoms with Crippen LogP contribution >= 0.6 is 0 Å². The monoisotopic (exact) mass is 476 g/mol. The lowest BCUT2D eigenvalue weighted by atomic mass is 10.2. The van der Waals surface area contributed by atoms with Crippen LogP contribution in [0.4, 0.5) is 0 Å². The van der Waals surface area contributed by atoms with Crippen molar-refractivity contribution in [1.29, 1.82) is 0 Å². The number of imidazole rings is 1. The summed E-state index contributed by atoms with van der Waals surface area (Å²) in [5.41, 5.74) is 0.823. The number of sulfonamides is 1. The number of hydrogen-bond donors (Lipinski definition) is 2. The molecular formula is C21H28N6O5S. The van der Waals surface area contributed by atoms with Gasteiger partial charge >= 0.3 is 0 Å².